The molecule has 0 N–H and O–H groups in total. The highest BCUT2D eigenvalue weighted by molar-refractivity contribution is 14.1. The van der Waals surface area contributed by atoms with Gasteiger partial charge in [-0.1, -0.05) is 12.1 Å². The minimum absolute atomic E-state index is 0.246. The van der Waals surface area contributed by atoms with Crippen LogP contribution in [0.15, 0.2) is 24.3 Å². The lowest BCUT2D eigenvalue weighted by atomic mass is 10.2. The van der Waals surface area contributed by atoms with Gasteiger partial charge in [-0.15, -0.1) is 0 Å². The SMILES string of the molecule is O=C(OF)c1ccccc1I. The quantitative estimate of drug-likeness (QED) is 0.729. The van der Waals surface area contributed by atoms with Gasteiger partial charge >= 0.3 is 5.97 Å². The molecule has 4 heteroatoms. The van der Waals surface area contributed by atoms with Crippen LogP contribution >= 0.6 is 22.6 Å². The maximum absolute atomic E-state index is 11.4. The molecule has 0 fully saturated rings. The summed E-state index contributed by atoms with van der Waals surface area (Å²) in [6, 6.07) is 6.61. The number of carbonyl (C=O) groups excluding carboxylic acids is 1. The fourth-order valence-corrected chi connectivity index (χ4v) is 1.28. The lowest BCUT2D eigenvalue weighted by Crippen LogP contribution is -2.00. The Kier molecular flexibility index (Phi) is 2.81. The second-order valence-corrected chi connectivity index (χ2v) is 3.01. The monoisotopic (exact) mass is 266 g/mol. The van der Waals surface area contributed by atoms with Crippen LogP contribution in [0.3, 0.4) is 0 Å². The maximum Gasteiger partial charge on any atom is 0.380 e. The number of benzene rings is 1. The lowest BCUT2D eigenvalue weighted by Gasteiger charge is -1.96. The molecule has 0 aliphatic heterocycles. The molecule has 0 bridgehead atoms. The Morgan fingerprint density at radius 2 is 2.09 bits per heavy atom. The number of rotatable bonds is 1. The second kappa shape index (κ2) is 3.66. The Bertz CT molecular complexity index is 275. The summed E-state index contributed by atoms with van der Waals surface area (Å²) in [4.78, 5) is 13.7. The van der Waals surface area contributed by atoms with Crippen molar-refractivity contribution in [1.29, 1.82) is 0 Å². The van der Waals surface area contributed by atoms with Crippen molar-refractivity contribution < 1.29 is 14.3 Å². The summed E-state index contributed by atoms with van der Waals surface area (Å²) < 4.78 is 12.1. The number of hydrogen-bond acceptors (Lipinski definition) is 2. The van der Waals surface area contributed by atoms with E-state index < -0.39 is 5.97 Å². The zero-order valence-corrected chi connectivity index (χ0v) is 7.54. The Morgan fingerprint density at radius 1 is 1.45 bits per heavy atom. The molecule has 0 unspecified atom stereocenters. The predicted octanol–water partition coefficient (Wildman–Crippen LogP) is 2.33. The van der Waals surface area contributed by atoms with Crippen molar-refractivity contribution in [3.05, 3.63) is 33.4 Å². The Morgan fingerprint density at radius 3 is 2.64 bits per heavy atom. The van der Waals surface area contributed by atoms with E-state index in [1.54, 1.807) is 18.2 Å². The van der Waals surface area contributed by atoms with Crippen LogP contribution in [0.5, 0.6) is 0 Å². The van der Waals surface area contributed by atoms with Gasteiger partial charge < -0.3 is 0 Å². The van der Waals surface area contributed by atoms with Crippen LogP contribution in [0.2, 0.25) is 0 Å². The van der Waals surface area contributed by atoms with Crippen molar-refractivity contribution in [3.63, 3.8) is 0 Å². The minimum atomic E-state index is -0.949. The van der Waals surface area contributed by atoms with E-state index >= 15 is 0 Å². The first-order valence-electron chi connectivity index (χ1n) is 2.83. The molecule has 0 aromatic heterocycles. The van der Waals surface area contributed by atoms with E-state index in [2.05, 4.69) is 4.94 Å². The Labute approximate surface area is 76.4 Å². The first-order valence-corrected chi connectivity index (χ1v) is 3.91. The Balaban J connectivity index is 3.03. The molecule has 58 valence electrons. The number of hydrogen-bond donors (Lipinski definition) is 0. The minimum Gasteiger partial charge on any atom is -0.249 e. The van der Waals surface area contributed by atoms with Crippen LogP contribution in [0.1, 0.15) is 10.4 Å². The summed E-state index contributed by atoms with van der Waals surface area (Å²) in [5.41, 5.74) is 0.246. The highest BCUT2D eigenvalue weighted by Gasteiger charge is 2.09. The van der Waals surface area contributed by atoms with E-state index in [-0.39, 0.29) is 5.56 Å². The van der Waals surface area contributed by atoms with E-state index in [4.69, 9.17) is 0 Å². The molecule has 0 radical (unpaired) electrons. The molecule has 0 spiro atoms. The average Bonchev–Trinajstić information content (AvgIpc) is 2.04. The van der Waals surface area contributed by atoms with Gasteiger partial charge in [-0.05, 0) is 34.7 Å². The smallest absolute Gasteiger partial charge is 0.249 e. The molecule has 0 aliphatic rings. The van der Waals surface area contributed by atoms with Gasteiger partial charge in [0.1, 0.15) is 0 Å². The first kappa shape index (κ1) is 8.45. The van der Waals surface area contributed by atoms with Crippen molar-refractivity contribution in [3.8, 4) is 0 Å². The topological polar surface area (TPSA) is 26.3 Å². The summed E-state index contributed by atoms with van der Waals surface area (Å²) in [7, 11) is 0. The molecule has 0 amide bonds. The van der Waals surface area contributed by atoms with Crippen LogP contribution in [-0.4, -0.2) is 5.97 Å². The summed E-state index contributed by atoms with van der Waals surface area (Å²) in [5, 5.41) is 0. The standard InChI is InChI=1S/C7H4FIO2/c8-11-7(10)5-3-1-2-4-6(5)9/h1-4H. The van der Waals surface area contributed by atoms with Crippen LogP contribution in [-0.2, 0) is 4.94 Å². The first-order chi connectivity index (χ1) is 5.25. The van der Waals surface area contributed by atoms with Crippen LogP contribution in [0, 0.1) is 3.57 Å². The maximum atomic E-state index is 11.4. The molecular weight excluding hydrogens is 262 g/mol. The summed E-state index contributed by atoms with van der Waals surface area (Å²) in [6.07, 6.45) is 0. The molecule has 0 saturated heterocycles. The highest BCUT2D eigenvalue weighted by Crippen LogP contribution is 2.12. The molecule has 1 aromatic carbocycles. The number of halogens is 2. The normalized spacial score (nSPS) is 9.27. The van der Waals surface area contributed by atoms with Crippen LogP contribution in [0.25, 0.3) is 0 Å². The van der Waals surface area contributed by atoms with Gasteiger partial charge in [0.25, 0.3) is 0 Å². The van der Waals surface area contributed by atoms with Gasteiger partial charge in [0.2, 0.25) is 0 Å². The highest BCUT2D eigenvalue weighted by atomic mass is 127. The lowest BCUT2D eigenvalue weighted by molar-refractivity contribution is -0.0788. The molecule has 0 aliphatic carbocycles. The molecule has 0 heterocycles. The predicted molar refractivity (Wildman–Crippen MR) is 45.7 cm³/mol. The van der Waals surface area contributed by atoms with Crippen LogP contribution in [0.4, 0.5) is 4.53 Å². The fourth-order valence-electron chi connectivity index (χ4n) is 0.668. The summed E-state index contributed by atoms with van der Waals surface area (Å²) in [5.74, 6) is -0.949. The number of carbonyl (C=O) groups is 1. The van der Waals surface area contributed by atoms with Crippen molar-refractivity contribution in [1.82, 2.24) is 0 Å². The fraction of sp³-hybridized carbons (Fsp3) is 0. The van der Waals surface area contributed by atoms with Gasteiger partial charge in [0, 0.05) is 8.10 Å². The van der Waals surface area contributed by atoms with Crippen molar-refractivity contribution in [2.75, 3.05) is 0 Å². The molecule has 0 saturated carbocycles. The Hall–Kier alpha value is -0.650. The third-order valence-electron chi connectivity index (χ3n) is 1.16. The van der Waals surface area contributed by atoms with Crippen molar-refractivity contribution >= 4 is 28.6 Å². The average molecular weight is 266 g/mol. The summed E-state index contributed by atoms with van der Waals surface area (Å²) >= 11 is 1.93. The molecule has 0 atom stereocenters. The summed E-state index contributed by atoms with van der Waals surface area (Å²) in [6.45, 7) is 0. The largest absolute Gasteiger partial charge is 0.380 e. The zero-order chi connectivity index (χ0) is 8.27. The van der Waals surface area contributed by atoms with Gasteiger partial charge in [-0.25, -0.2) is 9.74 Å². The van der Waals surface area contributed by atoms with E-state index in [0.29, 0.717) is 3.57 Å². The molecule has 1 rings (SSSR count). The van der Waals surface area contributed by atoms with E-state index in [1.807, 2.05) is 22.6 Å². The van der Waals surface area contributed by atoms with E-state index in [1.165, 1.54) is 6.07 Å². The van der Waals surface area contributed by atoms with Crippen molar-refractivity contribution in [2.24, 2.45) is 0 Å². The van der Waals surface area contributed by atoms with E-state index in [9.17, 15) is 9.32 Å². The molecule has 1 aromatic rings. The van der Waals surface area contributed by atoms with Crippen molar-refractivity contribution in [2.45, 2.75) is 0 Å². The van der Waals surface area contributed by atoms with Gasteiger partial charge in [-0.2, -0.15) is 0 Å². The molecule has 2 nitrogen and oxygen atoms in total. The molecule has 11 heavy (non-hydrogen) atoms. The van der Waals surface area contributed by atoms with Gasteiger partial charge in [0.15, 0.2) is 0 Å². The third kappa shape index (κ3) is 1.89. The van der Waals surface area contributed by atoms with E-state index in [0.717, 1.165) is 0 Å². The second-order valence-electron chi connectivity index (χ2n) is 1.84. The van der Waals surface area contributed by atoms with Gasteiger partial charge in [0.05, 0.1) is 5.56 Å². The van der Waals surface area contributed by atoms with Crippen LogP contribution < -0.4 is 0 Å². The zero-order valence-electron chi connectivity index (χ0n) is 5.38. The molecular formula is C7H4FIO2. The third-order valence-corrected chi connectivity index (χ3v) is 2.10. The van der Waals surface area contributed by atoms with Gasteiger partial charge in [-0.3, -0.25) is 0 Å².